The minimum atomic E-state index is -1.16. The van der Waals surface area contributed by atoms with Crippen LogP contribution in [-0.2, 0) is 16.0 Å². The molecule has 1 aromatic heterocycles. The van der Waals surface area contributed by atoms with E-state index in [0.29, 0.717) is 11.3 Å². The number of hydrogen-bond acceptors (Lipinski definition) is 6. The van der Waals surface area contributed by atoms with E-state index in [4.69, 9.17) is 0 Å². The molecule has 8 heteroatoms. The van der Waals surface area contributed by atoms with E-state index < -0.39 is 18.0 Å². The van der Waals surface area contributed by atoms with Crippen LogP contribution in [0.4, 0.5) is 0 Å². The molecule has 1 fully saturated rings. The van der Waals surface area contributed by atoms with Crippen LogP contribution in [0.25, 0.3) is 0 Å². The van der Waals surface area contributed by atoms with Gasteiger partial charge < -0.3 is 20.2 Å². The van der Waals surface area contributed by atoms with E-state index >= 15 is 0 Å². The van der Waals surface area contributed by atoms with Gasteiger partial charge in [-0.05, 0) is 19.1 Å². The number of rotatable bonds is 7. The first-order chi connectivity index (χ1) is 12.4. The van der Waals surface area contributed by atoms with Gasteiger partial charge in [-0.2, -0.15) is 0 Å². The topological polar surface area (TPSA) is 111 Å². The first kappa shape index (κ1) is 18.9. The Balaban J connectivity index is 1.85. The maximum Gasteiger partial charge on any atom is 0.353 e. The molecule has 2 aliphatic rings. The molecule has 3 rings (SSSR count). The highest BCUT2D eigenvalue weighted by Gasteiger charge is 2.60. The van der Waals surface area contributed by atoms with Crippen molar-refractivity contribution in [2.75, 3.05) is 6.61 Å². The third-order valence-corrected chi connectivity index (χ3v) is 6.44. The maximum absolute atomic E-state index is 12.3. The minimum absolute atomic E-state index is 0.0196. The fourth-order valence-electron chi connectivity index (χ4n) is 3.75. The van der Waals surface area contributed by atoms with Crippen molar-refractivity contribution in [3.63, 3.8) is 0 Å². The molecule has 3 N–H and O–H groups in total. The number of fused-ring (bicyclic) bond motifs is 1. The number of β-lactam (4-membered cyclic amide) rings is 1. The molecule has 0 radical (unpaired) electrons. The predicted molar refractivity (Wildman–Crippen MR) is 96.0 cm³/mol. The predicted octanol–water partition coefficient (Wildman–Crippen LogP) is 0.872. The van der Waals surface area contributed by atoms with Crippen LogP contribution in [0.15, 0.2) is 35.0 Å². The number of carbonyl (C=O) groups excluding carboxylic acids is 1. The second-order valence-electron chi connectivity index (χ2n) is 6.72. The molecule has 0 aromatic carbocycles. The number of carbonyl (C=O) groups is 2. The van der Waals surface area contributed by atoms with Crippen molar-refractivity contribution < 1.29 is 24.9 Å². The molecule has 2 aliphatic heterocycles. The first-order valence-electron chi connectivity index (χ1n) is 8.52. The van der Waals surface area contributed by atoms with Crippen molar-refractivity contribution in [3.8, 4) is 0 Å². The maximum atomic E-state index is 12.3. The molecule has 1 aromatic rings. The average Bonchev–Trinajstić information content (AvgIpc) is 2.84. The van der Waals surface area contributed by atoms with Gasteiger partial charge in [0.15, 0.2) is 0 Å². The van der Waals surface area contributed by atoms with E-state index in [1.807, 2.05) is 25.1 Å². The lowest BCUT2D eigenvalue weighted by Gasteiger charge is -2.46. The van der Waals surface area contributed by atoms with Gasteiger partial charge in [0.2, 0.25) is 5.91 Å². The summed E-state index contributed by atoms with van der Waals surface area (Å²) in [5.74, 6) is -2.30. The van der Waals surface area contributed by atoms with Crippen molar-refractivity contribution >= 4 is 23.6 Å². The number of aliphatic hydroxyl groups excluding tert-OH is 2. The Morgan fingerprint density at radius 1 is 1.42 bits per heavy atom. The number of thioether (sulfide) groups is 1. The number of nitrogens with zero attached hydrogens (tertiary/aromatic N) is 2. The Morgan fingerprint density at radius 2 is 2.15 bits per heavy atom. The normalized spacial score (nSPS) is 27.2. The molecule has 0 aliphatic carbocycles. The second-order valence-corrected chi connectivity index (χ2v) is 8.06. The number of hydrogen-bond donors (Lipinski definition) is 3. The summed E-state index contributed by atoms with van der Waals surface area (Å²) in [7, 11) is 0. The van der Waals surface area contributed by atoms with E-state index in [1.54, 1.807) is 13.1 Å². The summed E-state index contributed by atoms with van der Waals surface area (Å²) < 4.78 is 0. The van der Waals surface area contributed by atoms with Crippen LogP contribution in [0.3, 0.4) is 0 Å². The van der Waals surface area contributed by atoms with Gasteiger partial charge in [0.05, 0.1) is 24.7 Å². The van der Waals surface area contributed by atoms with Gasteiger partial charge in [-0.25, -0.2) is 4.79 Å². The summed E-state index contributed by atoms with van der Waals surface area (Å²) >= 11 is 1.29. The second kappa shape index (κ2) is 7.38. The Kier molecular flexibility index (Phi) is 5.36. The molecule has 3 heterocycles. The summed E-state index contributed by atoms with van der Waals surface area (Å²) in [6.07, 6.45) is 1.34. The van der Waals surface area contributed by atoms with Crippen LogP contribution in [-0.4, -0.2) is 61.1 Å². The van der Waals surface area contributed by atoms with Gasteiger partial charge in [0.1, 0.15) is 5.70 Å². The Hall–Kier alpha value is -1.90. The van der Waals surface area contributed by atoms with E-state index in [2.05, 4.69) is 4.98 Å². The zero-order valence-electron chi connectivity index (χ0n) is 14.6. The number of aliphatic carboxylic acids is 1. The molecule has 26 heavy (non-hydrogen) atoms. The lowest BCUT2D eigenvalue weighted by atomic mass is 9.79. The van der Waals surface area contributed by atoms with E-state index in [1.165, 1.54) is 16.7 Å². The van der Waals surface area contributed by atoms with Gasteiger partial charge in [-0.15, -0.1) is 11.8 Å². The van der Waals surface area contributed by atoms with Crippen LogP contribution < -0.4 is 0 Å². The van der Waals surface area contributed by atoms with Crippen molar-refractivity contribution in [3.05, 3.63) is 40.7 Å². The lowest BCUT2D eigenvalue weighted by molar-refractivity contribution is -0.163. The van der Waals surface area contributed by atoms with Gasteiger partial charge >= 0.3 is 5.97 Å². The standard InChI is InChI=1S/C18H22N2O5S/c1-9-14-13(10(2)22)17(23)20(14)15(18(24)25)16(9)26-12(8-21)7-11-5-3-4-6-19-11/h3-6,9-10,12-14,21-22H,7-8H2,1-2H3,(H,24,25)/t9-,10-,12?,13-,14-/m1/s1. The molecule has 0 bridgehead atoms. The summed E-state index contributed by atoms with van der Waals surface area (Å²) in [6, 6.07) is 5.18. The molecule has 0 spiro atoms. The molecule has 140 valence electrons. The number of aromatic nitrogens is 1. The smallest absolute Gasteiger partial charge is 0.353 e. The summed E-state index contributed by atoms with van der Waals surface area (Å²) in [4.78, 5) is 30.3. The number of aliphatic hydroxyl groups is 2. The zero-order chi connectivity index (χ0) is 19.0. The minimum Gasteiger partial charge on any atom is -0.477 e. The van der Waals surface area contributed by atoms with Gasteiger partial charge in [-0.3, -0.25) is 9.78 Å². The van der Waals surface area contributed by atoms with Gasteiger partial charge in [0.25, 0.3) is 0 Å². The SMILES string of the molecule is C[C@@H](O)[C@H]1C(=O)N2C(C(=O)O)=C(SC(CO)Cc3ccccn3)[C@H](C)[C@H]12. The monoisotopic (exact) mass is 378 g/mol. The number of pyridine rings is 1. The lowest BCUT2D eigenvalue weighted by Crippen LogP contribution is -2.63. The quantitative estimate of drug-likeness (QED) is 0.604. The zero-order valence-corrected chi connectivity index (χ0v) is 15.4. The summed E-state index contributed by atoms with van der Waals surface area (Å²) in [6.45, 7) is 3.28. The average molecular weight is 378 g/mol. The van der Waals surface area contributed by atoms with Gasteiger partial charge in [0, 0.05) is 34.4 Å². The number of carboxylic acids is 1. The molecule has 0 saturated carbocycles. The highest BCUT2D eigenvalue weighted by atomic mass is 32.2. The highest BCUT2D eigenvalue weighted by Crippen LogP contribution is 2.51. The summed E-state index contributed by atoms with van der Waals surface area (Å²) in [5.41, 5.74) is 0.789. The van der Waals surface area contributed by atoms with Crippen LogP contribution in [0, 0.1) is 11.8 Å². The Morgan fingerprint density at radius 3 is 2.69 bits per heavy atom. The van der Waals surface area contributed by atoms with E-state index in [0.717, 1.165) is 5.69 Å². The Labute approximate surface area is 155 Å². The largest absolute Gasteiger partial charge is 0.477 e. The summed E-state index contributed by atoms with van der Waals surface area (Å²) in [5, 5.41) is 29.0. The molecular weight excluding hydrogens is 356 g/mol. The van der Waals surface area contributed by atoms with Crippen LogP contribution >= 0.6 is 11.8 Å². The Bertz CT molecular complexity index is 736. The third-order valence-electron chi connectivity index (χ3n) is 4.97. The van der Waals surface area contributed by atoms with E-state index in [-0.39, 0.29) is 35.4 Å². The third kappa shape index (κ3) is 3.13. The molecule has 1 unspecified atom stereocenters. The van der Waals surface area contributed by atoms with Crippen molar-refractivity contribution in [1.82, 2.24) is 9.88 Å². The molecule has 1 amide bonds. The highest BCUT2D eigenvalue weighted by molar-refractivity contribution is 8.03. The molecular formula is C18H22N2O5S. The number of amides is 1. The number of carboxylic acid groups (broad SMARTS) is 1. The van der Waals surface area contributed by atoms with Crippen LogP contribution in [0.2, 0.25) is 0 Å². The molecule has 7 nitrogen and oxygen atoms in total. The first-order valence-corrected chi connectivity index (χ1v) is 9.40. The fraction of sp³-hybridized carbons (Fsp3) is 0.500. The van der Waals surface area contributed by atoms with Crippen molar-refractivity contribution in [1.29, 1.82) is 0 Å². The molecule has 5 atom stereocenters. The van der Waals surface area contributed by atoms with E-state index in [9.17, 15) is 24.9 Å². The van der Waals surface area contributed by atoms with Crippen molar-refractivity contribution in [2.45, 2.75) is 37.7 Å². The van der Waals surface area contributed by atoms with Crippen molar-refractivity contribution in [2.24, 2.45) is 11.8 Å². The van der Waals surface area contributed by atoms with Crippen LogP contribution in [0.1, 0.15) is 19.5 Å². The van der Waals surface area contributed by atoms with Crippen LogP contribution in [0.5, 0.6) is 0 Å². The fourth-order valence-corrected chi connectivity index (χ4v) is 5.09. The molecule has 1 saturated heterocycles. The van der Waals surface area contributed by atoms with Gasteiger partial charge in [-0.1, -0.05) is 13.0 Å².